The largest absolute Gasteiger partial charge is 0.354 e. The van der Waals surface area contributed by atoms with Crippen LogP contribution in [0.25, 0.3) is 5.69 Å². The highest BCUT2D eigenvalue weighted by molar-refractivity contribution is 7.99. The van der Waals surface area contributed by atoms with Gasteiger partial charge in [-0.25, -0.2) is 0 Å². The van der Waals surface area contributed by atoms with Gasteiger partial charge in [-0.3, -0.25) is 14.2 Å². The fourth-order valence-electron chi connectivity index (χ4n) is 4.22. The van der Waals surface area contributed by atoms with Gasteiger partial charge in [0, 0.05) is 6.54 Å². The maximum atomic E-state index is 13.0. The Bertz CT molecular complexity index is 950. The number of nitrogens with zero attached hydrogens (tertiary/aromatic N) is 3. The molecule has 1 aliphatic rings. The first-order valence-corrected chi connectivity index (χ1v) is 12.6. The fraction of sp³-hybridized carbons (Fsp3) is 0.583. The van der Waals surface area contributed by atoms with E-state index in [4.69, 9.17) is 0 Å². The molecule has 0 aliphatic heterocycles. The van der Waals surface area contributed by atoms with Crippen LogP contribution in [0.5, 0.6) is 0 Å². The number of unbranched alkanes of at least 4 members (excludes halogenated alkanes) is 1. The molecule has 2 amide bonds. The number of rotatable bonds is 9. The molecule has 0 spiro atoms. The molecule has 1 heterocycles. The van der Waals surface area contributed by atoms with Crippen molar-refractivity contribution in [3.8, 4) is 5.69 Å². The SMILES string of the molecule is CCCCNC(=O)C1(NC(=O)CSc2nnc(C)n2-c2cc(C)ccc2C)CCCCC1. The topological polar surface area (TPSA) is 88.9 Å². The average Bonchev–Trinajstić information content (AvgIpc) is 3.15. The summed E-state index contributed by atoms with van der Waals surface area (Å²) in [5, 5.41) is 15.3. The number of hydrogen-bond donors (Lipinski definition) is 2. The van der Waals surface area contributed by atoms with Crippen LogP contribution in [0.1, 0.15) is 68.8 Å². The zero-order valence-electron chi connectivity index (χ0n) is 19.7. The third-order valence-corrected chi connectivity index (χ3v) is 7.00. The number of thioether (sulfide) groups is 1. The van der Waals surface area contributed by atoms with Gasteiger partial charge in [-0.2, -0.15) is 0 Å². The smallest absolute Gasteiger partial charge is 0.245 e. The monoisotopic (exact) mass is 457 g/mol. The standard InChI is InChI=1S/C24H35N5O2S/c1-5-6-14-25-22(31)24(12-8-7-9-13-24)26-21(30)16-32-23-28-27-19(4)29(23)20-15-17(2)10-11-18(20)3/h10-11,15H,5-9,12-14,16H2,1-4H3,(H,25,31)(H,26,30). The van der Waals surface area contributed by atoms with Crippen molar-refractivity contribution in [3.05, 3.63) is 35.2 Å². The summed E-state index contributed by atoms with van der Waals surface area (Å²) < 4.78 is 1.99. The third-order valence-electron chi connectivity index (χ3n) is 6.07. The van der Waals surface area contributed by atoms with E-state index in [1.807, 2.05) is 11.5 Å². The lowest BCUT2D eigenvalue weighted by atomic mass is 9.80. The first-order valence-electron chi connectivity index (χ1n) is 11.6. The molecule has 3 rings (SSSR count). The van der Waals surface area contributed by atoms with E-state index in [2.05, 4.69) is 59.8 Å². The number of benzene rings is 1. The number of hydrogen-bond acceptors (Lipinski definition) is 5. The number of aryl methyl sites for hydroxylation is 3. The van der Waals surface area contributed by atoms with Crippen molar-refractivity contribution in [1.82, 2.24) is 25.4 Å². The lowest BCUT2D eigenvalue weighted by molar-refractivity contribution is -0.134. The number of carbonyl (C=O) groups is 2. The normalized spacial score (nSPS) is 15.4. The van der Waals surface area contributed by atoms with Gasteiger partial charge >= 0.3 is 0 Å². The minimum absolute atomic E-state index is 0.0432. The van der Waals surface area contributed by atoms with Crippen molar-refractivity contribution in [2.75, 3.05) is 12.3 Å². The molecule has 0 unspecified atom stereocenters. The van der Waals surface area contributed by atoms with Crippen LogP contribution in [0.2, 0.25) is 0 Å². The average molecular weight is 458 g/mol. The van der Waals surface area contributed by atoms with E-state index in [0.717, 1.165) is 54.7 Å². The Labute approximate surface area is 195 Å². The Morgan fingerprint density at radius 3 is 2.59 bits per heavy atom. The van der Waals surface area contributed by atoms with Crippen LogP contribution in [-0.4, -0.2) is 44.4 Å². The summed E-state index contributed by atoms with van der Waals surface area (Å²) in [5.74, 6) is 0.780. The van der Waals surface area contributed by atoms with Gasteiger partial charge in [0.1, 0.15) is 11.4 Å². The molecule has 32 heavy (non-hydrogen) atoms. The molecule has 1 saturated carbocycles. The van der Waals surface area contributed by atoms with Gasteiger partial charge in [-0.15, -0.1) is 10.2 Å². The molecule has 0 atom stereocenters. The summed E-state index contributed by atoms with van der Waals surface area (Å²) in [6.07, 6.45) is 6.37. The Morgan fingerprint density at radius 1 is 1.12 bits per heavy atom. The molecule has 1 aliphatic carbocycles. The Hall–Kier alpha value is -2.35. The van der Waals surface area contributed by atoms with Crippen LogP contribution in [0.3, 0.4) is 0 Å². The quantitative estimate of drug-likeness (QED) is 0.439. The van der Waals surface area contributed by atoms with Crippen molar-refractivity contribution in [2.45, 2.75) is 83.3 Å². The first-order chi connectivity index (χ1) is 15.4. The molecule has 174 valence electrons. The molecular weight excluding hydrogens is 422 g/mol. The second-order valence-electron chi connectivity index (χ2n) is 8.74. The van der Waals surface area contributed by atoms with Gasteiger partial charge in [0.15, 0.2) is 5.16 Å². The minimum atomic E-state index is -0.791. The van der Waals surface area contributed by atoms with Crippen molar-refractivity contribution in [3.63, 3.8) is 0 Å². The molecule has 0 saturated heterocycles. The number of carbonyl (C=O) groups excluding carboxylic acids is 2. The Morgan fingerprint density at radius 2 is 1.88 bits per heavy atom. The second-order valence-corrected chi connectivity index (χ2v) is 9.69. The Balaban J connectivity index is 1.70. The highest BCUT2D eigenvalue weighted by atomic mass is 32.2. The van der Waals surface area contributed by atoms with Crippen molar-refractivity contribution in [1.29, 1.82) is 0 Å². The number of aromatic nitrogens is 3. The van der Waals surface area contributed by atoms with Gasteiger partial charge in [0.25, 0.3) is 0 Å². The van der Waals surface area contributed by atoms with Gasteiger partial charge in [0.05, 0.1) is 11.4 Å². The van der Waals surface area contributed by atoms with Crippen LogP contribution in [0, 0.1) is 20.8 Å². The summed E-state index contributed by atoms with van der Waals surface area (Å²) in [6.45, 7) is 8.77. The van der Waals surface area contributed by atoms with E-state index >= 15 is 0 Å². The van der Waals surface area contributed by atoms with E-state index < -0.39 is 5.54 Å². The van der Waals surface area contributed by atoms with E-state index in [1.54, 1.807) is 0 Å². The van der Waals surface area contributed by atoms with Crippen LogP contribution in [0.15, 0.2) is 23.4 Å². The van der Waals surface area contributed by atoms with Crippen LogP contribution in [0.4, 0.5) is 0 Å². The molecular formula is C24H35N5O2S. The van der Waals surface area contributed by atoms with Gasteiger partial charge in [-0.1, -0.05) is 56.5 Å². The molecule has 1 aromatic carbocycles. The predicted molar refractivity (Wildman–Crippen MR) is 128 cm³/mol. The molecule has 7 nitrogen and oxygen atoms in total. The van der Waals surface area contributed by atoms with Gasteiger partial charge in [0.2, 0.25) is 11.8 Å². The zero-order chi connectivity index (χ0) is 23.1. The van der Waals surface area contributed by atoms with Crippen LogP contribution in [-0.2, 0) is 9.59 Å². The molecule has 8 heteroatoms. The van der Waals surface area contributed by atoms with Crippen LogP contribution >= 0.6 is 11.8 Å². The lowest BCUT2D eigenvalue weighted by Gasteiger charge is -2.36. The van der Waals surface area contributed by atoms with Crippen molar-refractivity contribution < 1.29 is 9.59 Å². The highest BCUT2D eigenvalue weighted by Gasteiger charge is 2.40. The van der Waals surface area contributed by atoms with Gasteiger partial charge in [-0.05, 0) is 57.2 Å². The molecule has 0 bridgehead atoms. The Kier molecular flexibility index (Phi) is 8.34. The first kappa shape index (κ1) is 24.3. The van der Waals surface area contributed by atoms with E-state index in [0.29, 0.717) is 24.5 Å². The van der Waals surface area contributed by atoms with Crippen molar-refractivity contribution >= 4 is 23.6 Å². The maximum Gasteiger partial charge on any atom is 0.245 e. The zero-order valence-corrected chi connectivity index (χ0v) is 20.5. The highest BCUT2D eigenvalue weighted by Crippen LogP contribution is 2.29. The molecule has 1 fully saturated rings. The number of nitrogens with one attached hydrogen (secondary N) is 2. The van der Waals surface area contributed by atoms with Crippen molar-refractivity contribution in [2.24, 2.45) is 0 Å². The number of amides is 2. The van der Waals surface area contributed by atoms with E-state index in [1.165, 1.54) is 11.8 Å². The van der Waals surface area contributed by atoms with Gasteiger partial charge < -0.3 is 10.6 Å². The summed E-state index contributed by atoms with van der Waals surface area (Å²) in [7, 11) is 0. The third kappa shape index (κ3) is 5.71. The summed E-state index contributed by atoms with van der Waals surface area (Å²) in [5.41, 5.74) is 2.50. The summed E-state index contributed by atoms with van der Waals surface area (Å²) in [6, 6.07) is 6.26. The summed E-state index contributed by atoms with van der Waals surface area (Å²) in [4.78, 5) is 25.9. The second kappa shape index (κ2) is 11.0. The minimum Gasteiger partial charge on any atom is -0.354 e. The maximum absolute atomic E-state index is 13.0. The lowest BCUT2D eigenvalue weighted by Crippen LogP contribution is -2.60. The summed E-state index contributed by atoms with van der Waals surface area (Å²) >= 11 is 1.35. The molecule has 2 aromatic rings. The fourth-order valence-corrected chi connectivity index (χ4v) is 5.01. The van der Waals surface area contributed by atoms with E-state index in [-0.39, 0.29) is 17.6 Å². The van der Waals surface area contributed by atoms with Crippen LogP contribution < -0.4 is 10.6 Å². The molecule has 0 radical (unpaired) electrons. The molecule has 2 N–H and O–H groups in total. The predicted octanol–water partition coefficient (Wildman–Crippen LogP) is 4.02. The molecule has 1 aromatic heterocycles. The van der Waals surface area contributed by atoms with E-state index in [9.17, 15) is 9.59 Å².